The van der Waals surface area contributed by atoms with Crippen molar-refractivity contribution in [3.63, 3.8) is 0 Å². The van der Waals surface area contributed by atoms with Gasteiger partial charge in [0.05, 0.1) is 5.92 Å². The zero-order valence-corrected chi connectivity index (χ0v) is 10.1. The van der Waals surface area contributed by atoms with E-state index < -0.39 is 11.9 Å². The molecule has 0 fully saturated rings. The molecule has 2 amide bonds. The minimum Gasteiger partial charge on any atom is -0.481 e. The van der Waals surface area contributed by atoms with Gasteiger partial charge in [-0.1, -0.05) is 6.92 Å². The second-order valence-corrected chi connectivity index (χ2v) is 4.33. The summed E-state index contributed by atoms with van der Waals surface area (Å²) in [6, 6.07) is -0.225. The minimum atomic E-state index is -0.901. The number of rotatable bonds is 6. The molecular weight excluding hydrogens is 216 g/mol. The van der Waals surface area contributed by atoms with Gasteiger partial charge in [0.2, 0.25) is 0 Å². The van der Waals surface area contributed by atoms with E-state index in [1.54, 1.807) is 30.6 Å². The predicted molar refractivity (Wildman–Crippen MR) is 61.2 cm³/mol. The smallest absolute Gasteiger partial charge is 0.317 e. The maximum Gasteiger partial charge on any atom is 0.317 e. The van der Waals surface area contributed by atoms with E-state index in [0.717, 1.165) is 5.75 Å². The fourth-order valence-corrected chi connectivity index (χ4v) is 1.25. The molecule has 15 heavy (non-hydrogen) atoms. The van der Waals surface area contributed by atoms with Crippen molar-refractivity contribution < 1.29 is 14.7 Å². The van der Waals surface area contributed by atoms with Crippen LogP contribution >= 0.6 is 11.8 Å². The highest BCUT2D eigenvalue weighted by atomic mass is 32.2. The Kier molecular flexibility index (Phi) is 6.94. The number of aliphatic carboxylic acids is 1. The molecule has 0 spiro atoms. The molecule has 0 saturated carbocycles. The van der Waals surface area contributed by atoms with Gasteiger partial charge in [0.25, 0.3) is 0 Å². The summed E-state index contributed by atoms with van der Waals surface area (Å²) >= 11 is 1.66. The van der Waals surface area contributed by atoms with Gasteiger partial charge in [0, 0.05) is 25.9 Å². The molecule has 2 N–H and O–H groups in total. The Labute approximate surface area is 94.2 Å². The highest BCUT2D eigenvalue weighted by molar-refractivity contribution is 7.98. The number of urea groups is 1. The lowest BCUT2D eigenvalue weighted by Gasteiger charge is -2.18. The van der Waals surface area contributed by atoms with Gasteiger partial charge in [-0.2, -0.15) is 11.8 Å². The maximum atomic E-state index is 11.4. The largest absolute Gasteiger partial charge is 0.481 e. The molecule has 0 saturated heterocycles. The molecule has 0 aromatic rings. The van der Waals surface area contributed by atoms with Gasteiger partial charge in [-0.05, 0) is 6.26 Å². The van der Waals surface area contributed by atoms with E-state index in [0.29, 0.717) is 6.54 Å². The summed E-state index contributed by atoms with van der Waals surface area (Å²) < 4.78 is 0. The Morgan fingerprint density at radius 1 is 1.53 bits per heavy atom. The van der Waals surface area contributed by atoms with Gasteiger partial charge >= 0.3 is 12.0 Å². The zero-order valence-electron chi connectivity index (χ0n) is 9.32. The Balaban J connectivity index is 3.77. The fraction of sp³-hybridized carbons (Fsp3) is 0.778. The van der Waals surface area contributed by atoms with Crippen LogP contribution in [-0.2, 0) is 4.79 Å². The van der Waals surface area contributed by atoms with Crippen LogP contribution in [0.3, 0.4) is 0 Å². The first-order valence-electron chi connectivity index (χ1n) is 4.69. The van der Waals surface area contributed by atoms with E-state index in [9.17, 15) is 9.59 Å². The van der Waals surface area contributed by atoms with E-state index in [1.807, 2.05) is 6.26 Å². The second kappa shape index (κ2) is 7.39. The average molecular weight is 234 g/mol. The van der Waals surface area contributed by atoms with Crippen LogP contribution in [0.4, 0.5) is 4.79 Å². The summed E-state index contributed by atoms with van der Waals surface area (Å²) in [4.78, 5) is 23.4. The highest BCUT2D eigenvalue weighted by Gasteiger charge is 2.13. The molecular formula is C9H18N2O3S. The van der Waals surface area contributed by atoms with Crippen molar-refractivity contribution in [2.45, 2.75) is 6.92 Å². The first kappa shape index (κ1) is 14.1. The van der Waals surface area contributed by atoms with E-state index in [1.165, 1.54) is 0 Å². The van der Waals surface area contributed by atoms with Crippen molar-refractivity contribution in [1.29, 1.82) is 0 Å². The summed E-state index contributed by atoms with van der Waals surface area (Å²) in [6.07, 6.45) is 1.97. The average Bonchev–Trinajstić information content (AvgIpc) is 2.21. The summed E-state index contributed by atoms with van der Waals surface area (Å²) in [6.45, 7) is 2.39. The molecule has 0 radical (unpaired) electrons. The normalized spacial score (nSPS) is 11.9. The highest BCUT2D eigenvalue weighted by Crippen LogP contribution is 1.95. The third-order valence-electron chi connectivity index (χ3n) is 1.96. The third kappa shape index (κ3) is 6.22. The van der Waals surface area contributed by atoms with Crippen LogP contribution in [0.2, 0.25) is 0 Å². The predicted octanol–water partition coefficient (Wildman–Crippen LogP) is 0.712. The molecule has 6 heteroatoms. The molecule has 0 bridgehead atoms. The van der Waals surface area contributed by atoms with Crippen molar-refractivity contribution in [3.05, 3.63) is 0 Å². The summed E-state index contributed by atoms with van der Waals surface area (Å²) in [5.41, 5.74) is 0. The quantitative estimate of drug-likeness (QED) is 0.710. The van der Waals surface area contributed by atoms with Crippen molar-refractivity contribution in [3.8, 4) is 0 Å². The Bertz CT molecular complexity index is 223. The Hall–Kier alpha value is -0.910. The van der Waals surface area contributed by atoms with Gasteiger partial charge in [-0.25, -0.2) is 4.79 Å². The zero-order chi connectivity index (χ0) is 11.8. The van der Waals surface area contributed by atoms with Crippen LogP contribution in [0, 0.1) is 5.92 Å². The van der Waals surface area contributed by atoms with Gasteiger partial charge < -0.3 is 15.3 Å². The molecule has 0 aromatic carbocycles. The number of nitrogens with zero attached hydrogens (tertiary/aromatic N) is 1. The standard InChI is InChI=1S/C9H18N2O3S/c1-7(8(12)13)6-10-9(14)11(2)4-5-15-3/h7H,4-6H2,1-3H3,(H,10,14)(H,12,13). The van der Waals surface area contributed by atoms with Gasteiger partial charge in [0.15, 0.2) is 0 Å². The monoisotopic (exact) mass is 234 g/mol. The Morgan fingerprint density at radius 3 is 2.60 bits per heavy atom. The number of hydrogen-bond acceptors (Lipinski definition) is 3. The molecule has 0 rings (SSSR count). The van der Waals surface area contributed by atoms with E-state index in [-0.39, 0.29) is 12.6 Å². The Morgan fingerprint density at radius 2 is 2.13 bits per heavy atom. The van der Waals surface area contributed by atoms with Crippen molar-refractivity contribution in [2.24, 2.45) is 5.92 Å². The lowest BCUT2D eigenvalue weighted by Crippen LogP contribution is -2.41. The van der Waals surface area contributed by atoms with Gasteiger partial charge in [-0.15, -0.1) is 0 Å². The first-order valence-corrected chi connectivity index (χ1v) is 6.09. The molecule has 5 nitrogen and oxygen atoms in total. The maximum absolute atomic E-state index is 11.4. The first-order chi connectivity index (χ1) is 6.99. The number of carbonyl (C=O) groups excluding carboxylic acids is 1. The number of amides is 2. The number of carbonyl (C=O) groups is 2. The molecule has 0 heterocycles. The van der Waals surface area contributed by atoms with E-state index in [2.05, 4.69) is 5.32 Å². The molecule has 1 atom stereocenters. The number of hydrogen-bond donors (Lipinski definition) is 2. The van der Waals surface area contributed by atoms with E-state index in [4.69, 9.17) is 5.11 Å². The number of nitrogens with one attached hydrogen (secondary N) is 1. The number of carboxylic acids is 1. The van der Waals surface area contributed by atoms with Crippen molar-refractivity contribution in [1.82, 2.24) is 10.2 Å². The molecule has 0 aromatic heterocycles. The molecule has 0 aliphatic heterocycles. The third-order valence-corrected chi connectivity index (χ3v) is 2.55. The van der Waals surface area contributed by atoms with Crippen LogP contribution in [-0.4, -0.2) is 54.2 Å². The lowest BCUT2D eigenvalue weighted by molar-refractivity contribution is -0.140. The van der Waals surface area contributed by atoms with Gasteiger partial charge in [0.1, 0.15) is 0 Å². The fourth-order valence-electron chi connectivity index (χ4n) is 0.792. The lowest BCUT2D eigenvalue weighted by atomic mass is 10.2. The summed E-state index contributed by atoms with van der Waals surface area (Å²) in [7, 11) is 1.69. The molecule has 1 unspecified atom stereocenters. The molecule has 0 aliphatic carbocycles. The van der Waals surface area contributed by atoms with Crippen molar-refractivity contribution in [2.75, 3.05) is 32.1 Å². The van der Waals surface area contributed by atoms with Crippen LogP contribution in [0.15, 0.2) is 0 Å². The van der Waals surface area contributed by atoms with Crippen LogP contribution in [0.5, 0.6) is 0 Å². The molecule has 0 aliphatic rings. The topological polar surface area (TPSA) is 69.6 Å². The number of carboxylic acid groups (broad SMARTS) is 1. The SMILES string of the molecule is CSCCN(C)C(=O)NCC(C)C(=O)O. The summed E-state index contributed by atoms with van der Waals surface area (Å²) in [5, 5.41) is 11.2. The molecule has 88 valence electrons. The number of thioether (sulfide) groups is 1. The minimum absolute atomic E-state index is 0.164. The summed E-state index contributed by atoms with van der Waals surface area (Å²) in [5.74, 6) is -0.580. The van der Waals surface area contributed by atoms with Crippen LogP contribution in [0.1, 0.15) is 6.92 Å². The van der Waals surface area contributed by atoms with Crippen molar-refractivity contribution >= 4 is 23.8 Å². The van der Waals surface area contributed by atoms with Crippen LogP contribution < -0.4 is 5.32 Å². The van der Waals surface area contributed by atoms with E-state index >= 15 is 0 Å². The van der Waals surface area contributed by atoms with Gasteiger partial charge in [-0.3, -0.25) is 4.79 Å². The van der Waals surface area contributed by atoms with Crippen LogP contribution in [0.25, 0.3) is 0 Å². The second-order valence-electron chi connectivity index (χ2n) is 3.34.